The molecule has 0 bridgehead atoms. The Kier molecular flexibility index (Phi) is 6.32. The van der Waals surface area contributed by atoms with Gasteiger partial charge in [-0.15, -0.1) is 0 Å². The van der Waals surface area contributed by atoms with E-state index in [1.54, 1.807) is 0 Å². The largest absolute Gasteiger partial charge is 0.309 e. The summed E-state index contributed by atoms with van der Waals surface area (Å²) in [5.41, 5.74) is 1.16. The van der Waals surface area contributed by atoms with Crippen LogP contribution in [0.4, 0.5) is 0 Å². The van der Waals surface area contributed by atoms with Crippen LogP contribution in [-0.2, 0) is 9.84 Å². The smallest absolute Gasteiger partial charge is 0.151 e. The zero-order chi connectivity index (χ0) is 13.6. The monoisotopic (exact) mass is 333 g/mol. The van der Waals surface area contributed by atoms with Crippen molar-refractivity contribution in [1.82, 2.24) is 5.32 Å². The van der Waals surface area contributed by atoms with E-state index >= 15 is 0 Å². The van der Waals surface area contributed by atoms with Gasteiger partial charge < -0.3 is 5.32 Å². The molecule has 3 nitrogen and oxygen atoms in total. The molecule has 0 aliphatic rings. The standard InChI is InChI=1S/C13H20BrNO2S/c1-3-9-18(16,17)10-8-15-11(2)12-4-6-13(14)7-5-12/h4-7,11,15H,3,8-10H2,1-2H3/t11-/m1/s1. The lowest BCUT2D eigenvalue weighted by atomic mass is 10.1. The molecule has 0 aliphatic carbocycles. The van der Waals surface area contributed by atoms with Gasteiger partial charge in [-0.05, 0) is 31.0 Å². The molecule has 1 aromatic rings. The molecule has 0 heterocycles. The number of benzene rings is 1. The molecule has 1 aromatic carbocycles. The highest BCUT2D eigenvalue weighted by Gasteiger charge is 2.10. The molecule has 0 saturated carbocycles. The van der Waals surface area contributed by atoms with E-state index in [-0.39, 0.29) is 17.5 Å². The van der Waals surface area contributed by atoms with E-state index in [1.807, 2.05) is 38.1 Å². The summed E-state index contributed by atoms with van der Waals surface area (Å²) < 4.78 is 24.1. The Balaban J connectivity index is 2.42. The highest BCUT2D eigenvalue weighted by Crippen LogP contribution is 2.16. The second-order valence-electron chi connectivity index (χ2n) is 4.38. The Labute approximate surface area is 118 Å². The molecule has 1 rings (SSSR count). The van der Waals surface area contributed by atoms with E-state index in [1.165, 1.54) is 0 Å². The molecular formula is C13H20BrNO2S. The van der Waals surface area contributed by atoms with Crippen LogP contribution in [0.1, 0.15) is 31.9 Å². The molecule has 0 fully saturated rings. The Hall–Kier alpha value is -0.390. The van der Waals surface area contributed by atoms with Crippen molar-refractivity contribution in [2.24, 2.45) is 0 Å². The highest BCUT2D eigenvalue weighted by molar-refractivity contribution is 9.10. The zero-order valence-corrected chi connectivity index (χ0v) is 13.2. The average molecular weight is 334 g/mol. The summed E-state index contributed by atoms with van der Waals surface area (Å²) in [6, 6.07) is 8.20. The van der Waals surface area contributed by atoms with Crippen molar-refractivity contribution in [3.8, 4) is 0 Å². The van der Waals surface area contributed by atoms with Gasteiger partial charge in [-0.25, -0.2) is 8.42 Å². The van der Waals surface area contributed by atoms with E-state index < -0.39 is 9.84 Å². The topological polar surface area (TPSA) is 46.2 Å². The predicted octanol–water partition coefficient (Wildman–Crippen LogP) is 2.92. The zero-order valence-electron chi connectivity index (χ0n) is 10.8. The van der Waals surface area contributed by atoms with Crippen LogP contribution in [0.2, 0.25) is 0 Å². The van der Waals surface area contributed by atoms with Gasteiger partial charge in [0.05, 0.1) is 5.75 Å². The minimum Gasteiger partial charge on any atom is -0.309 e. The molecule has 0 aromatic heterocycles. The average Bonchev–Trinajstić information content (AvgIpc) is 2.29. The predicted molar refractivity (Wildman–Crippen MR) is 79.5 cm³/mol. The maximum absolute atomic E-state index is 11.5. The van der Waals surface area contributed by atoms with Gasteiger partial charge in [0.15, 0.2) is 9.84 Å². The van der Waals surface area contributed by atoms with E-state index in [0.29, 0.717) is 13.0 Å². The number of rotatable bonds is 7. The first kappa shape index (κ1) is 15.7. The summed E-state index contributed by atoms with van der Waals surface area (Å²) in [5, 5.41) is 3.24. The molecule has 0 aliphatic heterocycles. The first-order valence-corrected chi connectivity index (χ1v) is 8.75. The number of hydrogen-bond donors (Lipinski definition) is 1. The van der Waals surface area contributed by atoms with Gasteiger partial charge in [-0.2, -0.15) is 0 Å². The van der Waals surface area contributed by atoms with Crippen LogP contribution in [-0.4, -0.2) is 26.5 Å². The van der Waals surface area contributed by atoms with Crippen molar-refractivity contribution in [2.45, 2.75) is 26.3 Å². The normalized spacial score (nSPS) is 13.5. The second kappa shape index (κ2) is 7.26. The van der Waals surface area contributed by atoms with Crippen molar-refractivity contribution in [3.63, 3.8) is 0 Å². The lowest BCUT2D eigenvalue weighted by Crippen LogP contribution is -2.26. The lowest BCUT2D eigenvalue weighted by Gasteiger charge is -2.14. The Morgan fingerprint density at radius 1 is 1.22 bits per heavy atom. The van der Waals surface area contributed by atoms with E-state index in [2.05, 4.69) is 21.2 Å². The second-order valence-corrected chi connectivity index (χ2v) is 7.60. The summed E-state index contributed by atoms with van der Waals surface area (Å²) >= 11 is 3.39. The minimum atomic E-state index is -2.89. The van der Waals surface area contributed by atoms with Crippen LogP contribution in [0.15, 0.2) is 28.7 Å². The van der Waals surface area contributed by atoms with Crippen molar-refractivity contribution >= 4 is 25.8 Å². The third kappa shape index (κ3) is 5.50. The fraction of sp³-hybridized carbons (Fsp3) is 0.538. The molecule has 5 heteroatoms. The molecule has 0 saturated heterocycles. The summed E-state index contributed by atoms with van der Waals surface area (Å²) in [4.78, 5) is 0. The van der Waals surface area contributed by atoms with Crippen molar-refractivity contribution < 1.29 is 8.42 Å². The molecule has 18 heavy (non-hydrogen) atoms. The quantitative estimate of drug-likeness (QED) is 0.834. The summed E-state index contributed by atoms with van der Waals surface area (Å²) in [6.07, 6.45) is 0.685. The SMILES string of the molecule is CCCS(=O)(=O)CCN[C@H](C)c1ccc(Br)cc1. The van der Waals surface area contributed by atoms with Crippen LogP contribution in [0, 0.1) is 0 Å². The maximum Gasteiger partial charge on any atom is 0.151 e. The third-order valence-corrected chi connectivity index (χ3v) is 5.13. The molecule has 0 unspecified atom stereocenters. The van der Waals surface area contributed by atoms with E-state index in [4.69, 9.17) is 0 Å². The maximum atomic E-state index is 11.5. The summed E-state index contributed by atoms with van der Waals surface area (Å²) in [5.74, 6) is 0.489. The Bertz CT molecular complexity index is 456. The molecule has 1 N–H and O–H groups in total. The van der Waals surface area contributed by atoms with Crippen LogP contribution < -0.4 is 5.32 Å². The highest BCUT2D eigenvalue weighted by atomic mass is 79.9. The molecule has 0 spiro atoms. The van der Waals surface area contributed by atoms with Gasteiger partial charge in [0, 0.05) is 22.8 Å². The molecule has 0 amide bonds. The van der Waals surface area contributed by atoms with Gasteiger partial charge in [0.25, 0.3) is 0 Å². The Morgan fingerprint density at radius 2 is 1.83 bits per heavy atom. The Morgan fingerprint density at radius 3 is 2.39 bits per heavy atom. The number of halogens is 1. The third-order valence-electron chi connectivity index (χ3n) is 2.75. The fourth-order valence-electron chi connectivity index (χ4n) is 1.71. The van der Waals surface area contributed by atoms with Crippen LogP contribution >= 0.6 is 15.9 Å². The number of nitrogens with one attached hydrogen (secondary N) is 1. The molecule has 1 atom stereocenters. The number of sulfone groups is 1. The number of hydrogen-bond acceptors (Lipinski definition) is 3. The molecule has 0 radical (unpaired) electrons. The van der Waals surface area contributed by atoms with Crippen molar-refractivity contribution in [2.75, 3.05) is 18.1 Å². The first-order valence-electron chi connectivity index (χ1n) is 6.14. The van der Waals surface area contributed by atoms with Crippen LogP contribution in [0.5, 0.6) is 0 Å². The van der Waals surface area contributed by atoms with Gasteiger partial charge in [-0.1, -0.05) is 35.0 Å². The van der Waals surface area contributed by atoms with Gasteiger partial charge in [-0.3, -0.25) is 0 Å². The van der Waals surface area contributed by atoms with Crippen LogP contribution in [0.25, 0.3) is 0 Å². The van der Waals surface area contributed by atoms with Gasteiger partial charge in [0.2, 0.25) is 0 Å². The van der Waals surface area contributed by atoms with Crippen molar-refractivity contribution in [1.29, 1.82) is 0 Å². The van der Waals surface area contributed by atoms with E-state index in [9.17, 15) is 8.42 Å². The molecule has 102 valence electrons. The lowest BCUT2D eigenvalue weighted by molar-refractivity contribution is 0.571. The van der Waals surface area contributed by atoms with Gasteiger partial charge in [0.1, 0.15) is 0 Å². The summed E-state index contributed by atoms with van der Waals surface area (Å²) in [7, 11) is -2.89. The van der Waals surface area contributed by atoms with Gasteiger partial charge >= 0.3 is 0 Å². The minimum absolute atomic E-state index is 0.162. The molecular weight excluding hydrogens is 314 g/mol. The first-order chi connectivity index (χ1) is 8.44. The van der Waals surface area contributed by atoms with E-state index in [0.717, 1.165) is 10.0 Å². The fourth-order valence-corrected chi connectivity index (χ4v) is 3.23. The van der Waals surface area contributed by atoms with Crippen LogP contribution in [0.3, 0.4) is 0 Å². The van der Waals surface area contributed by atoms with Crippen molar-refractivity contribution in [3.05, 3.63) is 34.3 Å². The summed E-state index contributed by atoms with van der Waals surface area (Å²) in [6.45, 7) is 4.42.